The normalized spacial score (nSPS) is 11.1. The molecule has 6 heteroatoms. The fraction of sp³-hybridized carbons (Fsp3) is 0.0333. The minimum Gasteiger partial charge on any atom is -0.480 e. The largest absolute Gasteiger partial charge is 0.480 e. The van der Waals surface area contributed by atoms with E-state index in [2.05, 4.69) is 28.5 Å². The van der Waals surface area contributed by atoms with Gasteiger partial charge < -0.3 is 14.8 Å². The molecule has 0 atom stereocenters. The highest BCUT2D eigenvalue weighted by Gasteiger charge is 2.13. The van der Waals surface area contributed by atoms with Crippen molar-refractivity contribution in [3.05, 3.63) is 103 Å². The fourth-order valence-electron chi connectivity index (χ4n) is 4.36. The van der Waals surface area contributed by atoms with E-state index in [9.17, 15) is 4.79 Å². The highest BCUT2D eigenvalue weighted by atomic mass is 16.4. The van der Waals surface area contributed by atoms with Crippen LogP contribution in [0.15, 0.2) is 108 Å². The Morgan fingerprint density at radius 1 is 0.750 bits per heavy atom. The van der Waals surface area contributed by atoms with E-state index in [1.807, 2.05) is 78.9 Å². The average molecular weight is 472 g/mol. The standard InChI is InChI=1S/C30H21N3O3/c34-28(35)18-31-27-17-25(20-7-2-1-3-8-20)32-30(33-27)21-15-13-19(14-16-21)22-10-6-11-24-23-9-4-5-12-26(23)36-29(22)24/h1-17H,18H2,(H,34,35)(H,31,32,33). The Hall–Kier alpha value is -4.97. The van der Waals surface area contributed by atoms with Gasteiger partial charge in [-0.2, -0.15) is 0 Å². The molecule has 0 bridgehead atoms. The van der Waals surface area contributed by atoms with Crippen molar-refractivity contribution in [2.24, 2.45) is 0 Å². The summed E-state index contributed by atoms with van der Waals surface area (Å²) in [6.07, 6.45) is 0. The molecule has 0 aliphatic carbocycles. The monoisotopic (exact) mass is 471 g/mol. The summed E-state index contributed by atoms with van der Waals surface area (Å²) in [6, 6.07) is 33.7. The van der Waals surface area contributed by atoms with Gasteiger partial charge in [0.05, 0.1) is 5.69 Å². The molecule has 6 aromatic rings. The summed E-state index contributed by atoms with van der Waals surface area (Å²) in [5.41, 5.74) is 6.21. The van der Waals surface area contributed by atoms with Crippen molar-refractivity contribution in [3.8, 4) is 33.8 Å². The van der Waals surface area contributed by atoms with Gasteiger partial charge in [-0.15, -0.1) is 0 Å². The molecule has 0 saturated heterocycles. The third-order valence-electron chi connectivity index (χ3n) is 6.07. The van der Waals surface area contributed by atoms with Gasteiger partial charge in [-0.05, 0) is 11.6 Å². The first-order valence-electron chi connectivity index (χ1n) is 11.6. The van der Waals surface area contributed by atoms with E-state index in [0.29, 0.717) is 17.3 Å². The molecule has 6 nitrogen and oxygen atoms in total. The summed E-state index contributed by atoms with van der Waals surface area (Å²) in [4.78, 5) is 20.4. The van der Waals surface area contributed by atoms with Crippen LogP contribution < -0.4 is 5.32 Å². The summed E-state index contributed by atoms with van der Waals surface area (Å²) in [6.45, 7) is -0.231. The van der Waals surface area contributed by atoms with Crippen LogP contribution in [0.5, 0.6) is 0 Å². The summed E-state index contributed by atoms with van der Waals surface area (Å²) in [5, 5.41) is 14.1. The number of carboxylic acids is 1. The van der Waals surface area contributed by atoms with Crippen molar-refractivity contribution in [1.29, 1.82) is 0 Å². The lowest BCUT2D eigenvalue weighted by Crippen LogP contribution is -2.13. The van der Waals surface area contributed by atoms with Gasteiger partial charge in [-0.25, -0.2) is 9.97 Å². The number of aromatic nitrogens is 2. The maximum Gasteiger partial charge on any atom is 0.322 e. The molecule has 174 valence electrons. The van der Waals surface area contributed by atoms with E-state index in [1.165, 1.54) is 0 Å². The number of carboxylic acid groups (broad SMARTS) is 1. The Morgan fingerprint density at radius 3 is 2.28 bits per heavy atom. The molecule has 2 heterocycles. The molecule has 4 aromatic carbocycles. The van der Waals surface area contributed by atoms with Gasteiger partial charge >= 0.3 is 5.97 Å². The van der Waals surface area contributed by atoms with Crippen LogP contribution in [-0.4, -0.2) is 27.6 Å². The number of benzene rings is 4. The first kappa shape index (κ1) is 21.6. The van der Waals surface area contributed by atoms with Crippen LogP contribution >= 0.6 is 0 Å². The lowest BCUT2D eigenvalue weighted by molar-refractivity contribution is -0.134. The quantitative estimate of drug-likeness (QED) is 0.275. The van der Waals surface area contributed by atoms with Crippen molar-refractivity contribution in [2.75, 3.05) is 11.9 Å². The third-order valence-corrected chi connectivity index (χ3v) is 6.07. The van der Waals surface area contributed by atoms with Gasteiger partial charge in [-0.1, -0.05) is 91.0 Å². The predicted molar refractivity (Wildman–Crippen MR) is 142 cm³/mol. The highest BCUT2D eigenvalue weighted by molar-refractivity contribution is 6.09. The minimum atomic E-state index is -0.958. The maximum absolute atomic E-state index is 11.1. The zero-order valence-corrected chi connectivity index (χ0v) is 19.2. The van der Waals surface area contributed by atoms with E-state index in [1.54, 1.807) is 6.07 Å². The van der Waals surface area contributed by atoms with E-state index in [-0.39, 0.29) is 6.54 Å². The summed E-state index contributed by atoms with van der Waals surface area (Å²) < 4.78 is 6.20. The van der Waals surface area contributed by atoms with Gasteiger partial charge in [-0.3, -0.25) is 4.79 Å². The fourth-order valence-corrected chi connectivity index (χ4v) is 4.36. The highest BCUT2D eigenvalue weighted by Crippen LogP contribution is 2.36. The van der Waals surface area contributed by atoms with Gasteiger partial charge in [0.25, 0.3) is 0 Å². The molecule has 0 aliphatic heterocycles. The van der Waals surface area contributed by atoms with Crippen LogP contribution in [0.25, 0.3) is 55.7 Å². The van der Waals surface area contributed by atoms with E-state index < -0.39 is 5.97 Å². The van der Waals surface area contributed by atoms with Crippen LogP contribution in [0, 0.1) is 0 Å². The van der Waals surface area contributed by atoms with Crippen molar-refractivity contribution in [2.45, 2.75) is 0 Å². The number of aliphatic carboxylic acids is 1. The third kappa shape index (κ3) is 4.05. The lowest BCUT2D eigenvalue weighted by atomic mass is 10.0. The molecular weight excluding hydrogens is 450 g/mol. The van der Waals surface area contributed by atoms with E-state index in [4.69, 9.17) is 14.5 Å². The molecule has 36 heavy (non-hydrogen) atoms. The molecule has 2 aromatic heterocycles. The van der Waals surface area contributed by atoms with Crippen LogP contribution in [0.3, 0.4) is 0 Å². The molecule has 0 fully saturated rings. The molecular formula is C30H21N3O3. The van der Waals surface area contributed by atoms with E-state index in [0.717, 1.165) is 44.2 Å². The molecule has 0 spiro atoms. The first-order chi connectivity index (χ1) is 17.7. The molecule has 2 N–H and O–H groups in total. The lowest BCUT2D eigenvalue weighted by Gasteiger charge is -2.10. The molecule has 0 saturated carbocycles. The smallest absolute Gasteiger partial charge is 0.322 e. The zero-order valence-electron chi connectivity index (χ0n) is 19.2. The van der Waals surface area contributed by atoms with Crippen LogP contribution in [0.2, 0.25) is 0 Å². The molecule has 0 unspecified atom stereocenters. The van der Waals surface area contributed by atoms with Gasteiger partial charge in [0.15, 0.2) is 5.82 Å². The Bertz CT molecular complexity index is 1710. The molecule has 0 radical (unpaired) electrons. The number of nitrogens with zero attached hydrogens (tertiary/aromatic N) is 2. The van der Waals surface area contributed by atoms with Crippen molar-refractivity contribution in [3.63, 3.8) is 0 Å². The number of nitrogens with one attached hydrogen (secondary N) is 1. The number of carbonyl (C=O) groups is 1. The second-order valence-electron chi connectivity index (χ2n) is 8.43. The summed E-state index contributed by atoms with van der Waals surface area (Å²) in [5.74, 6) is 0.00986. The van der Waals surface area contributed by atoms with Crippen molar-refractivity contribution in [1.82, 2.24) is 9.97 Å². The van der Waals surface area contributed by atoms with E-state index >= 15 is 0 Å². The number of anilines is 1. The Balaban J connectivity index is 1.40. The number of furan rings is 1. The zero-order chi connectivity index (χ0) is 24.5. The summed E-state index contributed by atoms with van der Waals surface area (Å²) in [7, 11) is 0. The van der Waals surface area contributed by atoms with Gasteiger partial charge in [0.1, 0.15) is 23.5 Å². The topological polar surface area (TPSA) is 88.2 Å². The van der Waals surface area contributed by atoms with Crippen molar-refractivity contribution >= 4 is 33.7 Å². The van der Waals surface area contributed by atoms with Crippen molar-refractivity contribution < 1.29 is 14.3 Å². The Morgan fingerprint density at radius 2 is 1.47 bits per heavy atom. The summed E-state index contributed by atoms with van der Waals surface area (Å²) >= 11 is 0. The molecule has 6 rings (SSSR count). The molecule has 0 amide bonds. The number of hydrogen-bond acceptors (Lipinski definition) is 5. The second kappa shape index (κ2) is 9.00. The SMILES string of the molecule is O=C(O)CNc1cc(-c2ccccc2)nc(-c2ccc(-c3cccc4c3oc3ccccc34)cc2)n1. The maximum atomic E-state index is 11.1. The predicted octanol–water partition coefficient (Wildman–Crippen LogP) is 6.87. The number of hydrogen-bond donors (Lipinski definition) is 2. The number of fused-ring (bicyclic) bond motifs is 3. The van der Waals surface area contributed by atoms with Gasteiger partial charge in [0, 0.05) is 33.5 Å². The van der Waals surface area contributed by atoms with Crippen LogP contribution in [0.1, 0.15) is 0 Å². The second-order valence-corrected chi connectivity index (χ2v) is 8.43. The molecule has 0 aliphatic rings. The first-order valence-corrected chi connectivity index (χ1v) is 11.6. The van der Waals surface area contributed by atoms with Crippen LogP contribution in [-0.2, 0) is 4.79 Å². The Kier molecular flexibility index (Phi) is 5.39. The number of rotatable bonds is 6. The average Bonchev–Trinajstić information content (AvgIpc) is 3.31. The minimum absolute atomic E-state index is 0.231. The van der Waals surface area contributed by atoms with Gasteiger partial charge in [0.2, 0.25) is 0 Å². The van der Waals surface area contributed by atoms with Crippen LogP contribution in [0.4, 0.5) is 5.82 Å². The Labute approximate surface area is 206 Å². The number of para-hydroxylation sites is 2.